The van der Waals surface area contributed by atoms with Crippen molar-refractivity contribution in [3.8, 4) is 11.1 Å². The first-order valence-electron chi connectivity index (χ1n) is 5.50. The van der Waals surface area contributed by atoms with Crippen LogP contribution in [0, 0.1) is 6.92 Å². The van der Waals surface area contributed by atoms with Crippen molar-refractivity contribution in [3.05, 3.63) is 66.2 Å². The van der Waals surface area contributed by atoms with Crippen molar-refractivity contribution in [1.82, 2.24) is 0 Å². The molecule has 0 fully saturated rings. The Hall–Kier alpha value is -1.82. The Kier molecular flexibility index (Phi) is 2.91. The van der Waals surface area contributed by atoms with Gasteiger partial charge in [-0.05, 0) is 30.5 Å². The van der Waals surface area contributed by atoms with Crippen molar-refractivity contribution >= 4 is 5.57 Å². The molecule has 80 valence electrons. The zero-order valence-electron chi connectivity index (χ0n) is 9.83. The number of aryl methyl sites for hydroxylation is 1. The minimum absolute atomic E-state index is 1.11. The zero-order chi connectivity index (χ0) is 11.5. The second-order valence-corrected chi connectivity index (χ2v) is 4.23. The van der Waals surface area contributed by atoms with Gasteiger partial charge in [0.15, 0.2) is 0 Å². The van der Waals surface area contributed by atoms with Gasteiger partial charge in [-0.1, -0.05) is 66.2 Å². The molecule has 0 spiro atoms. The molecule has 0 unspecified atom stereocenters. The molecule has 0 aromatic heterocycles. The molecule has 0 aliphatic heterocycles. The molecule has 0 saturated carbocycles. The van der Waals surface area contributed by atoms with Crippen molar-refractivity contribution in [2.75, 3.05) is 0 Å². The highest BCUT2D eigenvalue weighted by Gasteiger charge is 1.98. The van der Waals surface area contributed by atoms with Gasteiger partial charge in [0.05, 0.1) is 0 Å². The van der Waals surface area contributed by atoms with Crippen LogP contribution in [0.3, 0.4) is 0 Å². The third-order valence-electron chi connectivity index (χ3n) is 2.73. The lowest BCUT2D eigenvalue weighted by Gasteiger charge is -2.05. The van der Waals surface area contributed by atoms with E-state index in [9.17, 15) is 0 Å². The first kappa shape index (κ1) is 10.7. The Labute approximate surface area is 97.3 Å². The van der Waals surface area contributed by atoms with Gasteiger partial charge >= 0.3 is 0 Å². The van der Waals surface area contributed by atoms with E-state index < -0.39 is 0 Å². The van der Waals surface area contributed by atoms with Gasteiger partial charge in [0.2, 0.25) is 0 Å². The summed E-state index contributed by atoms with van der Waals surface area (Å²) < 4.78 is 0. The summed E-state index contributed by atoms with van der Waals surface area (Å²) >= 11 is 0. The standard InChI is InChI=1S/C16H16/c1-12(2)14-7-9-15(10-8-14)16-6-4-5-13(3)11-16/h4-11H,1H2,2-3H3. The van der Waals surface area contributed by atoms with Crippen LogP contribution in [0.5, 0.6) is 0 Å². The highest BCUT2D eigenvalue weighted by atomic mass is 14.0. The fourth-order valence-corrected chi connectivity index (χ4v) is 1.77. The molecule has 0 aliphatic carbocycles. The molecular formula is C16H16. The van der Waals surface area contributed by atoms with Gasteiger partial charge in [-0.25, -0.2) is 0 Å². The molecule has 0 bridgehead atoms. The molecule has 2 aromatic carbocycles. The van der Waals surface area contributed by atoms with Crippen LogP contribution in [0.4, 0.5) is 0 Å². The molecule has 0 N–H and O–H groups in total. The average Bonchev–Trinajstić information content (AvgIpc) is 2.29. The summed E-state index contributed by atoms with van der Waals surface area (Å²) in [7, 11) is 0. The maximum atomic E-state index is 3.94. The molecule has 0 amide bonds. The maximum Gasteiger partial charge on any atom is -0.0181 e. The topological polar surface area (TPSA) is 0 Å². The lowest BCUT2D eigenvalue weighted by atomic mass is 10.0. The minimum atomic E-state index is 1.11. The van der Waals surface area contributed by atoms with Crippen LogP contribution in [0.25, 0.3) is 16.7 Å². The quantitative estimate of drug-likeness (QED) is 0.671. The van der Waals surface area contributed by atoms with Gasteiger partial charge in [-0.15, -0.1) is 0 Å². The Morgan fingerprint density at radius 1 is 0.938 bits per heavy atom. The number of hydrogen-bond donors (Lipinski definition) is 0. The van der Waals surface area contributed by atoms with Gasteiger partial charge < -0.3 is 0 Å². The van der Waals surface area contributed by atoms with Gasteiger partial charge in [0, 0.05) is 0 Å². The molecule has 2 rings (SSSR count). The molecule has 0 aliphatic rings. The van der Waals surface area contributed by atoms with E-state index in [4.69, 9.17) is 0 Å². The van der Waals surface area contributed by atoms with Gasteiger partial charge in [0.1, 0.15) is 0 Å². The third kappa shape index (κ3) is 2.22. The molecular weight excluding hydrogens is 192 g/mol. The van der Waals surface area contributed by atoms with Crippen molar-refractivity contribution < 1.29 is 0 Å². The van der Waals surface area contributed by atoms with Crippen LogP contribution in [0.2, 0.25) is 0 Å². The van der Waals surface area contributed by atoms with E-state index in [2.05, 4.69) is 62.0 Å². The number of benzene rings is 2. The van der Waals surface area contributed by atoms with Crippen LogP contribution < -0.4 is 0 Å². The van der Waals surface area contributed by atoms with Crippen molar-refractivity contribution in [1.29, 1.82) is 0 Å². The molecule has 0 heteroatoms. The second kappa shape index (κ2) is 4.36. The summed E-state index contributed by atoms with van der Waals surface area (Å²) in [6.45, 7) is 8.09. The average molecular weight is 208 g/mol. The number of rotatable bonds is 2. The highest BCUT2D eigenvalue weighted by Crippen LogP contribution is 2.22. The summed E-state index contributed by atoms with van der Waals surface area (Å²) in [4.78, 5) is 0. The van der Waals surface area contributed by atoms with E-state index in [0.29, 0.717) is 0 Å². The van der Waals surface area contributed by atoms with Crippen molar-refractivity contribution in [2.45, 2.75) is 13.8 Å². The highest BCUT2D eigenvalue weighted by molar-refractivity contribution is 5.68. The molecule has 0 heterocycles. The van der Waals surface area contributed by atoms with E-state index in [1.165, 1.54) is 22.3 Å². The van der Waals surface area contributed by atoms with Crippen LogP contribution >= 0.6 is 0 Å². The molecule has 0 atom stereocenters. The molecule has 2 aromatic rings. The molecule has 0 nitrogen and oxygen atoms in total. The van der Waals surface area contributed by atoms with E-state index >= 15 is 0 Å². The van der Waals surface area contributed by atoms with E-state index in [1.54, 1.807) is 0 Å². The van der Waals surface area contributed by atoms with Crippen LogP contribution in [-0.4, -0.2) is 0 Å². The van der Waals surface area contributed by atoms with E-state index in [1.807, 2.05) is 6.92 Å². The Morgan fingerprint density at radius 2 is 1.62 bits per heavy atom. The lowest BCUT2D eigenvalue weighted by Crippen LogP contribution is -1.81. The zero-order valence-corrected chi connectivity index (χ0v) is 9.83. The predicted molar refractivity (Wildman–Crippen MR) is 71.3 cm³/mol. The van der Waals surface area contributed by atoms with E-state index in [0.717, 1.165) is 5.57 Å². The predicted octanol–water partition coefficient (Wildman–Crippen LogP) is 4.70. The van der Waals surface area contributed by atoms with Gasteiger partial charge in [-0.3, -0.25) is 0 Å². The Balaban J connectivity index is 2.38. The smallest absolute Gasteiger partial charge is 0.0181 e. The van der Waals surface area contributed by atoms with Crippen LogP contribution in [0.15, 0.2) is 55.1 Å². The SMILES string of the molecule is C=C(C)c1ccc(-c2cccc(C)c2)cc1. The lowest BCUT2D eigenvalue weighted by molar-refractivity contribution is 1.46. The third-order valence-corrected chi connectivity index (χ3v) is 2.73. The summed E-state index contributed by atoms with van der Waals surface area (Å²) in [5, 5.41) is 0. The van der Waals surface area contributed by atoms with Crippen molar-refractivity contribution in [3.63, 3.8) is 0 Å². The Bertz CT molecular complexity index is 504. The van der Waals surface area contributed by atoms with Gasteiger partial charge in [0.25, 0.3) is 0 Å². The van der Waals surface area contributed by atoms with Gasteiger partial charge in [-0.2, -0.15) is 0 Å². The van der Waals surface area contributed by atoms with Crippen molar-refractivity contribution in [2.24, 2.45) is 0 Å². The first-order valence-corrected chi connectivity index (χ1v) is 5.50. The fourth-order valence-electron chi connectivity index (χ4n) is 1.77. The molecule has 16 heavy (non-hydrogen) atoms. The van der Waals surface area contributed by atoms with Crippen LogP contribution in [0.1, 0.15) is 18.1 Å². The minimum Gasteiger partial charge on any atom is -0.0955 e. The molecule has 0 saturated heterocycles. The monoisotopic (exact) mass is 208 g/mol. The normalized spacial score (nSPS) is 10.1. The summed E-state index contributed by atoms with van der Waals surface area (Å²) in [6.07, 6.45) is 0. The maximum absolute atomic E-state index is 3.94. The summed E-state index contributed by atoms with van der Waals surface area (Å²) in [5.74, 6) is 0. The number of allylic oxidation sites excluding steroid dienone is 1. The first-order chi connectivity index (χ1) is 7.66. The summed E-state index contributed by atoms with van der Waals surface area (Å²) in [6, 6.07) is 17.1. The number of hydrogen-bond acceptors (Lipinski definition) is 0. The largest absolute Gasteiger partial charge is 0.0955 e. The molecule has 0 radical (unpaired) electrons. The Morgan fingerprint density at radius 3 is 2.19 bits per heavy atom. The second-order valence-electron chi connectivity index (χ2n) is 4.23. The van der Waals surface area contributed by atoms with E-state index in [-0.39, 0.29) is 0 Å². The fraction of sp³-hybridized carbons (Fsp3) is 0.125. The van der Waals surface area contributed by atoms with Crippen LogP contribution in [-0.2, 0) is 0 Å². The summed E-state index contributed by atoms with van der Waals surface area (Å²) in [5.41, 5.74) is 6.13.